The maximum atomic E-state index is 4.23. The Labute approximate surface area is 191 Å². The van der Waals surface area contributed by atoms with Crippen LogP contribution in [0.25, 0.3) is 23.4 Å². The highest BCUT2D eigenvalue weighted by molar-refractivity contribution is 5.85. The first kappa shape index (κ1) is 20.3. The molecule has 1 nitrogen and oxygen atoms in total. The Morgan fingerprint density at radius 1 is 0.875 bits per heavy atom. The van der Waals surface area contributed by atoms with Crippen molar-refractivity contribution < 1.29 is 0 Å². The molecule has 0 N–H and O–H groups in total. The summed E-state index contributed by atoms with van der Waals surface area (Å²) >= 11 is 0. The SMILES string of the molecule is C=Cc1c(/C=C(\C)c2ccccc2)c2c(n1-c1ccccc1)CCC(c1ccccc1)C2. The van der Waals surface area contributed by atoms with Gasteiger partial charge in [-0.2, -0.15) is 0 Å². The third-order valence-corrected chi connectivity index (χ3v) is 6.71. The van der Waals surface area contributed by atoms with Crippen molar-refractivity contribution in [3.8, 4) is 5.69 Å². The zero-order chi connectivity index (χ0) is 21.9. The summed E-state index contributed by atoms with van der Waals surface area (Å²) < 4.78 is 2.44. The Morgan fingerprint density at radius 2 is 1.50 bits per heavy atom. The van der Waals surface area contributed by atoms with E-state index in [1.807, 2.05) is 6.08 Å². The molecule has 0 amide bonds. The van der Waals surface area contributed by atoms with Gasteiger partial charge in [0.2, 0.25) is 0 Å². The lowest BCUT2D eigenvalue weighted by Gasteiger charge is -2.25. The fourth-order valence-electron chi connectivity index (χ4n) is 5.11. The lowest BCUT2D eigenvalue weighted by atomic mass is 9.81. The van der Waals surface area contributed by atoms with Gasteiger partial charge in [-0.3, -0.25) is 0 Å². The van der Waals surface area contributed by atoms with Crippen LogP contribution in [0.4, 0.5) is 0 Å². The van der Waals surface area contributed by atoms with Crippen molar-refractivity contribution >= 4 is 17.7 Å². The van der Waals surface area contributed by atoms with Gasteiger partial charge in [-0.1, -0.05) is 85.4 Å². The maximum Gasteiger partial charge on any atom is 0.0528 e. The predicted molar refractivity (Wildman–Crippen MR) is 137 cm³/mol. The van der Waals surface area contributed by atoms with Crippen molar-refractivity contribution in [2.45, 2.75) is 32.1 Å². The molecule has 4 aromatic rings. The lowest BCUT2D eigenvalue weighted by molar-refractivity contribution is 0.572. The largest absolute Gasteiger partial charge is 0.313 e. The summed E-state index contributed by atoms with van der Waals surface area (Å²) in [6.45, 7) is 6.44. The standard InChI is InChI=1S/C31H29N/c1-3-30-28(21-23(2)24-13-7-4-8-14-24)29-22-26(25-15-9-5-10-16-25)19-20-31(29)32(30)27-17-11-6-12-18-27/h3-18,21,26H,1,19-20,22H2,2H3/b23-21+. The van der Waals surface area contributed by atoms with Gasteiger partial charge in [-0.25, -0.2) is 0 Å². The molecule has 1 atom stereocenters. The normalized spacial score (nSPS) is 15.9. The highest BCUT2D eigenvalue weighted by Gasteiger charge is 2.28. The quantitative estimate of drug-likeness (QED) is 0.312. The average molecular weight is 416 g/mol. The fourth-order valence-corrected chi connectivity index (χ4v) is 5.11. The molecule has 5 rings (SSSR count). The molecule has 0 spiro atoms. The molecule has 0 saturated carbocycles. The van der Waals surface area contributed by atoms with Crippen LogP contribution in [0.1, 0.15) is 52.9 Å². The molecule has 1 heterocycles. The van der Waals surface area contributed by atoms with Crippen LogP contribution in [0.2, 0.25) is 0 Å². The molecule has 1 aromatic heterocycles. The highest BCUT2D eigenvalue weighted by atomic mass is 15.0. The topological polar surface area (TPSA) is 4.93 Å². The van der Waals surface area contributed by atoms with Crippen LogP contribution in [-0.4, -0.2) is 4.57 Å². The third-order valence-electron chi connectivity index (χ3n) is 6.71. The molecule has 3 aromatic carbocycles. The van der Waals surface area contributed by atoms with Crippen molar-refractivity contribution in [1.29, 1.82) is 0 Å². The summed E-state index contributed by atoms with van der Waals surface area (Å²) in [7, 11) is 0. The summed E-state index contributed by atoms with van der Waals surface area (Å²) in [5, 5.41) is 0. The summed E-state index contributed by atoms with van der Waals surface area (Å²) in [6.07, 6.45) is 7.72. The predicted octanol–water partition coefficient (Wildman–Crippen LogP) is 7.95. The van der Waals surface area contributed by atoms with E-state index in [4.69, 9.17) is 0 Å². The van der Waals surface area contributed by atoms with E-state index in [2.05, 4.69) is 115 Å². The van der Waals surface area contributed by atoms with E-state index in [9.17, 15) is 0 Å². The number of fused-ring (bicyclic) bond motifs is 1. The molecule has 0 bridgehead atoms. The minimum atomic E-state index is 0.553. The molecule has 1 heteroatoms. The van der Waals surface area contributed by atoms with Gasteiger partial charge >= 0.3 is 0 Å². The number of hydrogen-bond acceptors (Lipinski definition) is 0. The molecule has 32 heavy (non-hydrogen) atoms. The fraction of sp³-hybridized carbons (Fsp3) is 0.161. The molecule has 1 aliphatic rings. The third kappa shape index (κ3) is 3.76. The van der Waals surface area contributed by atoms with Crippen molar-refractivity contribution in [2.24, 2.45) is 0 Å². The number of nitrogens with zero attached hydrogens (tertiary/aromatic N) is 1. The van der Waals surface area contributed by atoms with Gasteiger partial charge in [-0.05, 0) is 78.7 Å². The molecular formula is C31H29N. The van der Waals surface area contributed by atoms with Crippen molar-refractivity contribution in [1.82, 2.24) is 4.57 Å². The Balaban J connectivity index is 1.68. The zero-order valence-electron chi connectivity index (χ0n) is 18.7. The van der Waals surface area contributed by atoms with E-state index in [-0.39, 0.29) is 0 Å². The van der Waals surface area contributed by atoms with Crippen LogP contribution >= 0.6 is 0 Å². The van der Waals surface area contributed by atoms with Gasteiger partial charge in [0.15, 0.2) is 0 Å². The molecule has 1 unspecified atom stereocenters. The maximum absolute atomic E-state index is 4.23. The first-order chi connectivity index (χ1) is 15.8. The van der Waals surface area contributed by atoms with Gasteiger partial charge in [0.1, 0.15) is 0 Å². The van der Waals surface area contributed by atoms with Crippen LogP contribution in [-0.2, 0) is 12.8 Å². The van der Waals surface area contributed by atoms with E-state index in [1.165, 1.54) is 51.3 Å². The van der Waals surface area contributed by atoms with Gasteiger partial charge in [0.25, 0.3) is 0 Å². The number of allylic oxidation sites excluding steroid dienone is 1. The van der Waals surface area contributed by atoms with Crippen molar-refractivity contribution in [3.05, 3.63) is 131 Å². The van der Waals surface area contributed by atoms with Gasteiger partial charge in [-0.15, -0.1) is 0 Å². The second kappa shape index (κ2) is 8.88. The summed E-state index contributed by atoms with van der Waals surface area (Å²) in [4.78, 5) is 0. The van der Waals surface area contributed by atoms with E-state index in [0.29, 0.717) is 5.92 Å². The number of hydrogen-bond donors (Lipinski definition) is 0. The molecule has 0 saturated heterocycles. The summed E-state index contributed by atoms with van der Waals surface area (Å²) in [5.41, 5.74) is 10.6. The summed E-state index contributed by atoms with van der Waals surface area (Å²) in [5.74, 6) is 0.553. The molecule has 158 valence electrons. The first-order valence-corrected chi connectivity index (χ1v) is 11.5. The molecule has 0 radical (unpaired) electrons. The van der Waals surface area contributed by atoms with Crippen LogP contribution in [0.15, 0.2) is 97.6 Å². The Hall–Kier alpha value is -3.58. The molecule has 0 aliphatic heterocycles. The summed E-state index contributed by atoms with van der Waals surface area (Å²) in [6, 6.07) is 32.4. The Bertz CT molecular complexity index is 1240. The van der Waals surface area contributed by atoms with E-state index in [0.717, 1.165) is 12.8 Å². The Morgan fingerprint density at radius 3 is 2.16 bits per heavy atom. The Kier molecular flexibility index (Phi) is 5.64. The van der Waals surface area contributed by atoms with E-state index in [1.54, 1.807) is 0 Å². The smallest absolute Gasteiger partial charge is 0.0528 e. The number of para-hydroxylation sites is 1. The molecule has 0 fully saturated rings. The highest BCUT2D eigenvalue weighted by Crippen LogP contribution is 2.40. The van der Waals surface area contributed by atoms with Gasteiger partial charge < -0.3 is 4.57 Å². The van der Waals surface area contributed by atoms with Crippen LogP contribution in [0.5, 0.6) is 0 Å². The van der Waals surface area contributed by atoms with Crippen molar-refractivity contribution in [3.63, 3.8) is 0 Å². The van der Waals surface area contributed by atoms with Gasteiger partial charge in [0, 0.05) is 16.9 Å². The molecular weight excluding hydrogens is 386 g/mol. The number of rotatable bonds is 5. The second-order valence-electron chi connectivity index (χ2n) is 8.64. The average Bonchev–Trinajstić information content (AvgIpc) is 3.18. The number of benzene rings is 3. The van der Waals surface area contributed by atoms with Crippen LogP contribution < -0.4 is 0 Å². The monoisotopic (exact) mass is 415 g/mol. The van der Waals surface area contributed by atoms with Crippen molar-refractivity contribution in [2.75, 3.05) is 0 Å². The zero-order valence-corrected chi connectivity index (χ0v) is 18.7. The minimum absolute atomic E-state index is 0.553. The molecule has 1 aliphatic carbocycles. The van der Waals surface area contributed by atoms with E-state index < -0.39 is 0 Å². The van der Waals surface area contributed by atoms with Gasteiger partial charge in [0.05, 0.1) is 5.69 Å². The second-order valence-corrected chi connectivity index (χ2v) is 8.64. The number of aromatic nitrogens is 1. The van der Waals surface area contributed by atoms with E-state index >= 15 is 0 Å². The minimum Gasteiger partial charge on any atom is -0.313 e. The van der Waals surface area contributed by atoms with Crippen LogP contribution in [0, 0.1) is 0 Å². The van der Waals surface area contributed by atoms with Crippen LogP contribution in [0.3, 0.4) is 0 Å². The lowest BCUT2D eigenvalue weighted by Crippen LogP contribution is -2.15. The first-order valence-electron chi connectivity index (χ1n) is 11.5.